The zero-order valence-corrected chi connectivity index (χ0v) is 23.4. The molecule has 0 aromatic carbocycles. The lowest BCUT2D eigenvalue weighted by molar-refractivity contribution is -0.156. The summed E-state index contributed by atoms with van der Waals surface area (Å²) in [5.74, 6) is -3.58. The van der Waals surface area contributed by atoms with Crippen molar-refractivity contribution in [2.75, 3.05) is 19.6 Å². The molecule has 0 aliphatic carbocycles. The predicted octanol–water partition coefficient (Wildman–Crippen LogP) is -0.0422. The molecule has 1 heterocycles. The number of nitrogens with zero attached hydrogens (tertiary/aromatic N) is 2. The van der Waals surface area contributed by atoms with E-state index in [9.17, 15) is 33.6 Å². The molecular formula is C26H36N4O10. The van der Waals surface area contributed by atoms with Crippen molar-refractivity contribution in [2.45, 2.75) is 77.7 Å². The maximum absolute atomic E-state index is 13.5. The van der Waals surface area contributed by atoms with Gasteiger partial charge >= 0.3 is 18.0 Å². The van der Waals surface area contributed by atoms with E-state index in [1.165, 1.54) is 0 Å². The summed E-state index contributed by atoms with van der Waals surface area (Å²) >= 11 is 0. The number of hydrogen-bond acceptors (Lipinski definition) is 9. The number of carboxylic acids is 1. The van der Waals surface area contributed by atoms with Gasteiger partial charge in [0.25, 0.3) is 11.8 Å². The van der Waals surface area contributed by atoms with Crippen LogP contribution in [0.2, 0.25) is 0 Å². The lowest BCUT2D eigenvalue weighted by Crippen LogP contribution is -2.59. The number of aliphatic carboxylic acids is 1. The van der Waals surface area contributed by atoms with Gasteiger partial charge in [0.1, 0.15) is 29.8 Å². The summed E-state index contributed by atoms with van der Waals surface area (Å²) in [5.41, 5.74) is -1.93. The fourth-order valence-electron chi connectivity index (χ4n) is 3.34. The number of rotatable bonds is 12. The molecule has 0 bridgehead atoms. The number of amides is 5. The van der Waals surface area contributed by atoms with Gasteiger partial charge in [0.2, 0.25) is 11.8 Å². The number of esters is 1. The fourth-order valence-corrected chi connectivity index (χ4v) is 3.34. The van der Waals surface area contributed by atoms with Crippen molar-refractivity contribution in [3.8, 4) is 12.3 Å². The molecule has 14 nitrogen and oxygen atoms in total. The number of hydrogen-bond donors (Lipinski definition) is 3. The highest BCUT2D eigenvalue weighted by Gasteiger charge is 2.40. The Labute approximate surface area is 232 Å². The second-order valence-corrected chi connectivity index (χ2v) is 10.8. The van der Waals surface area contributed by atoms with Gasteiger partial charge in [0.15, 0.2) is 0 Å². The van der Waals surface area contributed by atoms with Gasteiger partial charge in [-0.05, 0) is 48.0 Å². The van der Waals surface area contributed by atoms with E-state index in [-0.39, 0.29) is 13.0 Å². The van der Waals surface area contributed by atoms with E-state index in [2.05, 4.69) is 16.6 Å². The molecule has 0 fully saturated rings. The van der Waals surface area contributed by atoms with Crippen LogP contribution < -0.4 is 10.6 Å². The molecular weight excluding hydrogens is 528 g/mol. The van der Waals surface area contributed by atoms with Crippen LogP contribution >= 0.6 is 0 Å². The highest BCUT2D eigenvalue weighted by molar-refractivity contribution is 6.15. The van der Waals surface area contributed by atoms with Crippen molar-refractivity contribution >= 4 is 41.7 Å². The van der Waals surface area contributed by atoms with E-state index in [1.54, 1.807) is 41.5 Å². The normalized spacial score (nSPS) is 14.6. The summed E-state index contributed by atoms with van der Waals surface area (Å²) in [6, 6.07) is -3.15. The maximum Gasteiger partial charge on any atom is 0.410 e. The summed E-state index contributed by atoms with van der Waals surface area (Å²) in [7, 11) is 0. The number of carbonyl (C=O) groups excluding carboxylic acids is 6. The van der Waals surface area contributed by atoms with Gasteiger partial charge < -0.3 is 25.2 Å². The van der Waals surface area contributed by atoms with E-state index in [0.717, 1.165) is 17.1 Å². The Hall–Kier alpha value is -4.41. The minimum absolute atomic E-state index is 0.211. The summed E-state index contributed by atoms with van der Waals surface area (Å²) in [6.45, 7) is 7.90. The Morgan fingerprint density at radius 2 is 1.55 bits per heavy atom. The largest absolute Gasteiger partial charge is 0.481 e. The van der Waals surface area contributed by atoms with Crippen molar-refractivity contribution in [1.82, 2.24) is 20.4 Å². The molecule has 0 radical (unpaired) electrons. The van der Waals surface area contributed by atoms with Crippen LogP contribution in [0.25, 0.3) is 0 Å². The second-order valence-electron chi connectivity index (χ2n) is 10.8. The molecule has 2 atom stereocenters. The molecule has 3 N–H and O–H groups in total. The molecule has 0 saturated carbocycles. The fraction of sp³-hybridized carbons (Fsp3) is 0.577. The third-order valence-electron chi connectivity index (χ3n) is 4.89. The summed E-state index contributed by atoms with van der Waals surface area (Å²) in [5, 5.41) is 13.7. The van der Waals surface area contributed by atoms with E-state index in [1.807, 2.05) is 0 Å². The predicted molar refractivity (Wildman–Crippen MR) is 139 cm³/mol. The van der Waals surface area contributed by atoms with E-state index < -0.39 is 84.5 Å². The third kappa shape index (κ3) is 11.5. The number of imide groups is 1. The minimum Gasteiger partial charge on any atom is -0.481 e. The van der Waals surface area contributed by atoms with Crippen LogP contribution in [0.5, 0.6) is 0 Å². The molecule has 1 aliphatic heterocycles. The lowest BCUT2D eigenvalue weighted by Gasteiger charge is -2.33. The summed E-state index contributed by atoms with van der Waals surface area (Å²) < 4.78 is 10.6. The number of terminal acetylenes is 1. The highest BCUT2D eigenvalue weighted by Crippen LogP contribution is 2.16. The molecule has 0 saturated heterocycles. The molecule has 40 heavy (non-hydrogen) atoms. The van der Waals surface area contributed by atoms with Crippen LogP contribution in [0.1, 0.15) is 54.4 Å². The van der Waals surface area contributed by atoms with Crippen LogP contribution in [0, 0.1) is 12.3 Å². The number of carboxylic acid groups (broad SMARTS) is 1. The van der Waals surface area contributed by atoms with Crippen molar-refractivity contribution in [3.63, 3.8) is 0 Å². The van der Waals surface area contributed by atoms with Crippen LogP contribution in [0.4, 0.5) is 4.79 Å². The molecule has 220 valence electrons. The van der Waals surface area contributed by atoms with Gasteiger partial charge in [-0.15, -0.1) is 6.42 Å². The highest BCUT2D eigenvalue weighted by atomic mass is 16.6. The maximum atomic E-state index is 13.5. The average molecular weight is 565 g/mol. The topological polar surface area (TPSA) is 189 Å². The molecule has 14 heteroatoms. The molecule has 1 rings (SSSR count). The Balaban J connectivity index is 3.41. The second kappa shape index (κ2) is 14.1. The van der Waals surface area contributed by atoms with Crippen LogP contribution in [-0.2, 0) is 38.2 Å². The first-order chi connectivity index (χ1) is 18.3. The number of carbonyl (C=O) groups is 7. The van der Waals surface area contributed by atoms with Crippen LogP contribution in [0.15, 0.2) is 12.2 Å². The Morgan fingerprint density at radius 1 is 1.00 bits per heavy atom. The van der Waals surface area contributed by atoms with Crippen molar-refractivity contribution in [1.29, 1.82) is 0 Å². The molecule has 1 aliphatic rings. The first kappa shape index (κ1) is 33.6. The van der Waals surface area contributed by atoms with Crippen molar-refractivity contribution < 1.29 is 48.1 Å². The Bertz CT molecular complexity index is 1080. The third-order valence-corrected chi connectivity index (χ3v) is 4.89. The quantitative estimate of drug-likeness (QED) is 0.165. The monoisotopic (exact) mass is 564 g/mol. The van der Waals surface area contributed by atoms with E-state index in [0.29, 0.717) is 4.90 Å². The van der Waals surface area contributed by atoms with Gasteiger partial charge in [0, 0.05) is 18.6 Å². The molecule has 5 amide bonds. The first-order valence-corrected chi connectivity index (χ1v) is 12.3. The smallest absolute Gasteiger partial charge is 0.410 e. The van der Waals surface area contributed by atoms with Gasteiger partial charge in [0.05, 0.1) is 13.1 Å². The van der Waals surface area contributed by atoms with E-state index in [4.69, 9.17) is 21.0 Å². The standard InChI is InChI=1S/C26H36N4O10/c1-8-13-27-22(36)16(9-12-20(33)34)28-23(37)17(30-18(31)10-11-19(30)32)14-29(24(38)40-26(5,6)7)15-21(35)39-25(2,3)4/h1,10-11,16-17H,9,12-15H2,2-7H3,(H,27,36)(H,28,37)(H,33,34)/t16-,17-/m0/s1. The van der Waals surface area contributed by atoms with Crippen molar-refractivity contribution in [2.24, 2.45) is 0 Å². The number of nitrogens with one attached hydrogen (secondary N) is 2. The number of ether oxygens (including phenoxy) is 2. The zero-order valence-electron chi connectivity index (χ0n) is 23.4. The first-order valence-electron chi connectivity index (χ1n) is 12.3. The van der Waals surface area contributed by atoms with Crippen molar-refractivity contribution in [3.05, 3.63) is 12.2 Å². The lowest BCUT2D eigenvalue weighted by atomic mass is 10.1. The van der Waals surface area contributed by atoms with Crippen LogP contribution in [-0.4, -0.2) is 99.5 Å². The van der Waals surface area contributed by atoms with E-state index >= 15 is 0 Å². The minimum atomic E-state index is -1.74. The van der Waals surface area contributed by atoms with Gasteiger partial charge in [-0.2, -0.15) is 0 Å². The Morgan fingerprint density at radius 3 is 2.02 bits per heavy atom. The Kier molecular flexibility index (Phi) is 11.9. The SMILES string of the molecule is C#CCNC(=O)[C@H](CCC(=O)O)NC(=O)[C@H](CN(CC(=O)OC(C)(C)C)C(=O)OC(C)(C)C)N1C(=O)C=CC1=O. The summed E-state index contributed by atoms with van der Waals surface area (Å²) in [4.78, 5) is 89.2. The van der Waals surface area contributed by atoms with Gasteiger partial charge in [-0.3, -0.25) is 38.6 Å². The van der Waals surface area contributed by atoms with Gasteiger partial charge in [-0.1, -0.05) is 5.92 Å². The zero-order chi connectivity index (χ0) is 30.8. The van der Waals surface area contributed by atoms with Gasteiger partial charge in [-0.25, -0.2) is 4.79 Å². The molecule has 0 aromatic rings. The molecule has 0 unspecified atom stereocenters. The molecule has 0 aromatic heterocycles. The van der Waals surface area contributed by atoms with Crippen LogP contribution in [0.3, 0.4) is 0 Å². The average Bonchev–Trinajstić information content (AvgIpc) is 3.12. The molecule has 0 spiro atoms. The summed E-state index contributed by atoms with van der Waals surface area (Å²) in [6.07, 6.45) is 5.07.